The maximum absolute atomic E-state index is 13.1. The predicted molar refractivity (Wildman–Crippen MR) is 132 cm³/mol. The van der Waals surface area contributed by atoms with E-state index < -0.39 is 12.0 Å². The van der Waals surface area contributed by atoms with E-state index in [0.29, 0.717) is 36.3 Å². The van der Waals surface area contributed by atoms with Crippen molar-refractivity contribution in [1.82, 2.24) is 25.1 Å². The molecular formula is C25H31FN8O. The first-order valence-corrected chi connectivity index (χ1v) is 12.1. The average molecular weight is 479 g/mol. The van der Waals surface area contributed by atoms with Crippen molar-refractivity contribution in [3.8, 4) is 0 Å². The summed E-state index contributed by atoms with van der Waals surface area (Å²) in [5, 5.41) is 13.7. The number of carbonyl (C=O) groups is 1. The Morgan fingerprint density at radius 2 is 2.09 bits per heavy atom. The van der Waals surface area contributed by atoms with Crippen LogP contribution in [-0.2, 0) is 17.6 Å². The highest BCUT2D eigenvalue weighted by molar-refractivity contribution is 5.96. The maximum atomic E-state index is 13.1. The Morgan fingerprint density at radius 3 is 2.80 bits per heavy atom. The lowest BCUT2D eigenvalue weighted by Gasteiger charge is -2.25. The molecule has 1 atom stereocenters. The second-order valence-corrected chi connectivity index (χ2v) is 10.5. The Kier molecular flexibility index (Phi) is 5.90. The number of H-pyrrole nitrogens is 1. The SMILES string of the molecule is CC(C)c1cc(Nc2nc(N3CCC[C@@H]3C(=O)Nc3ccc(F)nc3)nc3c2CC(C)(C)C3)n[nH]1. The van der Waals surface area contributed by atoms with Gasteiger partial charge in [-0.15, -0.1) is 0 Å². The van der Waals surface area contributed by atoms with Gasteiger partial charge < -0.3 is 15.5 Å². The molecular weight excluding hydrogens is 447 g/mol. The number of pyridine rings is 1. The molecule has 3 N–H and O–H groups in total. The van der Waals surface area contributed by atoms with Gasteiger partial charge >= 0.3 is 0 Å². The van der Waals surface area contributed by atoms with Crippen LogP contribution in [0.1, 0.15) is 63.4 Å². The van der Waals surface area contributed by atoms with Gasteiger partial charge in [0.05, 0.1) is 17.6 Å². The third kappa shape index (κ3) is 4.82. The molecule has 4 heterocycles. The molecule has 1 fully saturated rings. The number of nitrogens with zero attached hydrogens (tertiary/aromatic N) is 5. The van der Waals surface area contributed by atoms with Crippen molar-refractivity contribution in [1.29, 1.82) is 0 Å². The summed E-state index contributed by atoms with van der Waals surface area (Å²) in [4.78, 5) is 28.5. The van der Waals surface area contributed by atoms with Crippen LogP contribution < -0.4 is 15.5 Å². The Balaban J connectivity index is 1.44. The van der Waals surface area contributed by atoms with E-state index in [0.717, 1.165) is 42.0 Å². The lowest BCUT2D eigenvalue weighted by atomic mass is 9.90. The fraction of sp³-hybridized carbons (Fsp3) is 0.480. The highest BCUT2D eigenvalue weighted by Gasteiger charge is 2.37. The Morgan fingerprint density at radius 1 is 1.26 bits per heavy atom. The van der Waals surface area contributed by atoms with E-state index in [4.69, 9.17) is 9.97 Å². The predicted octanol–water partition coefficient (Wildman–Crippen LogP) is 4.33. The van der Waals surface area contributed by atoms with Crippen molar-refractivity contribution >= 4 is 29.2 Å². The normalized spacial score (nSPS) is 18.7. The van der Waals surface area contributed by atoms with Crippen molar-refractivity contribution < 1.29 is 9.18 Å². The maximum Gasteiger partial charge on any atom is 0.247 e. The zero-order valence-electron chi connectivity index (χ0n) is 20.5. The number of hydrogen-bond acceptors (Lipinski definition) is 7. The van der Waals surface area contributed by atoms with E-state index in [1.54, 1.807) is 0 Å². The van der Waals surface area contributed by atoms with Crippen molar-refractivity contribution in [3.63, 3.8) is 0 Å². The summed E-state index contributed by atoms with van der Waals surface area (Å²) < 4.78 is 13.1. The molecule has 0 unspecified atom stereocenters. The Bertz CT molecular complexity index is 1240. The summed E-state index contributed by atoms with van der Waals surface area (Å²) in [5.41, 5.74) is 3.70. The number of amides is 1. The smallest absolute Gasteiger partial charge is 0.247 e. The lowest BCUT2D eigenvalue weighted by molar-refractivity contribution is -0.117. The summed E-state index contributed by atoms with van der Waals surface area (Å²) in [6, 6.07) is 4.32. The third-order valence-electron chi connectivity index (χ3n) is 6.66. The van der Waals surface area contributed by atoms with E-state index in [1.165, 1.54) is 18.3 Å². The molecule has 0 radical (unpaired) electrons. The second kappa shape index (κ2) is 8.90. The largest absolute Gasteiger partial charge is 0.329 e. The van der Waals surface area contributed by atoms with Crippen molar-refractivity contribution in [2.24, 2.45) is 5.41 Å². The average Bonchev–Trinajstić information content (AvgIpc) is 3.52. The minimum Gasteiger partial charge on any atom is -0.329 e. The topological polar surface area (TPSA) is 112 Å². The number of anilines is 4. The van der Waals surface area contributed by atoms with Crippen molar-refractivity contribution in [2.45, 2.75) is 65.3 Å². The molecule has 1 aliphatic heterocycles. The van der Waals surface area contributed by atoms with Gasteiger partial charge in [-0.3, -0.25) is 9.89 Å². The molecule has 35 heavy (non-hydrogen) atoms. The molecule has 1 amide bonds. The fourth-order valence-electron chi connectivity index (χ4n) is 4.85. The molecule has 0 saturated carbocycles. The van der Waals surface area contributed by atoms with Crippen molar-refractivity contribution in [3.05, 3.63) is 47.3 Å². The summed E-state index contributed by atoms with van der Waals surface area (Å²) in [6.07, 6.45) is 4.57. The first-order chi connectivity index (χ1) is 16.7. The van der Waals surface area contributed by atoms with Gasteiger partial charge in [-0.1, -0.05) is 27.7 Å². The minimum atomic E-state index is -0.586. The number of aromatic amines is 1. The number of carbonyl (C=O) groups excluding carboxylic acids is 1. The van der Waals surface area contributed by atoms with Crippen LogP contribution in [0.2, 0.25) is 0 Å². The molecule has 1 saturated heterocycles. The molecule has 0 bridgehead atoms. The van der Waals surface area contributed by atoms with Crippen LogP contribution in [0.15, 0.2) is 24.4 Å². The zero-order valence-corrected chi connectivity index (χ0v) is 20.5. The van der Waals surface area contributed by atoms with Gasteiger partial charge in [0.25, 0.3) is 0 Å². The van der Waals surface area contributed by atoms with Gasteiger partial charge in [-0.2, -0.15) is 14.5 Å². The van der Waals surface area contributed by atoms with Gasteiger partial charge in [0.2, 0.25) is 17.8 Å². The van der Waals surface area contributed by atoms with Gasteiger partial charge in [0, 0.05) is 23.9 Å². The first-order valence-electron chi connectivity index (χ1n) is 12.1. The molecule has 10 heteroatoms. The highest BCUT2D eigenvalue weighted by Crippen LogP contribution is 2.40. The molecule has 2 aliphatic rings. The number of fused-ring (bicyclic) bond motifs is 1. The molecule has 5 rings (SSSR count). The van der Waals surface area contributed by atoms with Gasteiger partial charge in [0.1, 0.15) is 11.9 Å². The fourth-order valence-corrected chi connectivity index (χ4v) is 4.85. The van der Waals surface area contributed by atoms with Crippen molar-refractivity contribution in [2.75, 3.05) is 22.1 Å². The summed E-state index contributed by atoms with van der Waals surface area (Å²) >= 11 is 0. The van der Waals surface area contributed by atoms with Gasteiger partial charge in [0.15, 0.2) is 5.82 Å². The van der Waals surface area contributed by atoms with E-state index in [1.807, 2.05) is 11.0 Å². The van der Waals surface area contributed by atoms with Crippen LogP contribution in [0.3, 0.4) is 0 Å². The number of rotatable bonds is 6. The van der Waals surface area contributed by atoms with Crippen LogP contribution >= 0.6 is 0 Å². The monoisotopic (exact) mass is 478 g/mol. The number of hydrogen-bond donors (Lipinski definition) is 3. The lowest BCUT2D eigenvalue weighted by Crippen LogP contribution is -2.40. The molecule has 184 valence electrons. The van der Waals surface area contributed by atoms with Gasteiger partial charge in [-0.25, -0.2) is 9.97 Å². The first kappa shape index (κ1) is 23.2. The number of aromatic nitrogens is 5. The van der Waals surface area contributed by atoms with Crippen LogP contribution in [0.25, 0.3) is 0 Å². The Labute approximate surface area is 204 Å². The molecule has 9 nitrogen and oxygen atoms in total. The van der Waals surface area contributed by atoms with Crippen LogP contribution in [0, 0.1) is 11.4 Å². The second-order valence-electron chi connectivity index (χ2n) is 10.5. The van der Waals surface area contributed by atoms with Crippen LogP contribution in [0.4, 0.5) is 27.7 Å². The molecule has 0 aromatic carbocycles. The Hall–Kier alpha value is -3.56. The molecule has 3 aromatic heterocycles. The summed E-state index contributed by atoms with van der Waals surface area (Å²) in [7, 11) is 0. The molecule has 3 aromatic rings. The third-order valence-corrected chi connectivity index (χ3v) is 6.66. The van der Waals surface area contributed by atoms with E-state index in [-0.39, 0.29) is 11.3 Å². The molecule has 1 aliphatic carbocycles. The van der Waals surface area contributed by atoms with Crippen LogP contribution in [0.5, 0.6) is 0 Å². The van der Waals surface area contributed by atoms with Gasteiger partial charge in [-0.05, 0) is 49.1 Å². The minimum absolute atomic E-state index is 0.0815. The molecule has 0 spiro atoms. The summed E-state index contributed by atoms with van der Waals surface area (Å²) in [5.74, 6) is 1.57. The summed E-state index contributed by atoms with van der Waals surface area (Å²) in [6.45, 7) is 9.36. The number of nitrogens with one attached hydrogen (secondary N) is 3. The highest BCUT2D eigenvalue weighted by atomic mass is 19.1. The quantitative estimate of drug-likeness (QED) is 0.452. The van der Waals surface area contributed by atoms with E-state index >= 15 is 0 Å². The van der Waals surface area contributed by atoms with Crippen LogP contribution in [-0.4, -0.2) is 43.6 Å². The zero-order chi connectivity index (χ0) is 24.7. The number of halogens is 1. The van der Waals surface area contributed by atoms with E-state index in [9.17, 15) is 9.18 Å². The van der Waals surface area contributed by atoms with E-state index in [2.05, 4.69) is 53.5 Å². The standard InChI is InChI=1S/C25H31FN8O/c1-14(2)17-10-21(33-32-17)30-22-16-11-25(3,4)12-18(16)29-24(31-22)34-9-5-6-19(34)23(35)28-15-7-8-20(26)27-13-15/h7-8,10,13-14,19H,5-6,9,11-12H2,1-4H3,(H,28,35)(H2,29,30,31,32,33)/t19-/m1/s1.